The van der Waals surface area contributed by atoms with Crippen LogP contribution in [0.15, 0.2) is 18.2 Å². The third-order valence-electron chi connectivity index (χ3n) is 2.38. The van der Waals surface area contributed by atoms with Crippen molar-refractivity contribution in [2.45, 2.75) is 46.2 Å². The molecule has 0 aliphatic heterocycles. The maximum atomic E-state index is 13.0. The van der Waals surface area contributed by atoms with Crippen LogP contribution in [-0.2, 0) is 6.42 Å². The summed E-state index contributed by atoms with van der Waals surface area (Å²) in [5.41, 5.74) is 1.92. The van der Waals surface area contributed by atoms with Gasteiger partial charge in [0.1, 0.15) is 5.82 Å². The molecular formula is C13H20FN. The van der Waals surface area contributed by atoms with Crippen LogP contribution in [0.2, 0.25) is 0 Å². The van der Waals surface area contributed by atoms with Crippen LogP contribution in [0.25, 0.3) is 0 Å². The predicted octanol–water partition coefficient (Wildman–Crippen LogP) is 3.06. The molecule has 1 aromatic carbocycles. The average Bonchev–Trinajstić information content (AvgIpc) is 2.10. The van der Waals surface area contributed by atoms with Crippen LogP contribution in [0, 0.1) is 12.7 Å². The van der Waals surface area contributed by atoms with Crippen LogP contribution in [0.5, 0.6) is 0 Å². The summed E-state index contributed by atoms with van der Waals surface area (Å²) in [5.74, 6) is -0.122. The van der Waals surface area contributed by atoms with Crippen LogP contribution in [0.4, 0.5) is 4.39 Å². The van der Waals surface area contributed by atoms with Crippen molar-refractivity contribution in [2.24, 2.45) is 0 Å². The lowest BCUT2D eigenvalue weighted by Gasteiger charge is -2.17. The Bertz CT molecular complexity index is 320. The van der Waals surface area contributed by atoms with Crippen molar-refractivity contribution in [1.82, 2.24) is 5.32 Å². The number of rotatable bonds is 4. The monoisotopic (exact) mass is 209 g/mol. The fraction of sp³-hybridized carbons (Fsp3) is 0.538. The first kappa shape index (κ1) is 12.2. The minimum Gasteiger partial charge on any atom is -0.312 e. The molecule has 0 heterocycles. The third kappa shape index (κ3) is 4.00. The number of nitrogens with one attached hydrogen (secondary N) is 1. The molecule has 0 aliphatic carbocycles. The van der Waals surface area contributed by atoms with Gasteiger partial charge in [0.15, 0.2) is 0 Å². The van der Waals surface area contributed by atoms with Crippen LogP contribution in [0.1, 0.15) is 31.9 Å². The molecule has 0 fully saturated rings. The predicted molar refractivity (Wildman–Crippen MR) is 62.6 cm³/mol. The molecule has 0 radical (unpaired) electrons. The van der Waals surface area contributed by atoms with E-state index in [2.05, 4.69) is 26.1 Å². The van der Waals surface area contributed by atoms with Crippen molar-refractivity contribution in [2.75, 3.05) is 0 Å². The second kappa shape index (κ2) is 5.26. The van der Waals surface area contributed by atoms with Crippen molar-refractivity contribution in [3.63, 3.8) is 0 Å². The summed E-state index contributed by atoms with van der Waals surface area (Å²) in [4.78, 5) is 0. The summed E-state index contributed by atoms with van der Waals surface area (Å²) in [6.45, 7) is 8.22. The minimum absolute atomic E-state index is 0.122. The van der Waals surface area contributed by atoms with Crippen molar-refractivity contribution < 1.29 is 4.39 Å². The molecule has 1 atom stereocenters. The van der Waals surface area contributed by atoms with Gasteiger partial charge >= 0.3 is 0 Å². The van der Waals surface area contributed by atoms with E-state index in [0.29, 0.717) is 12.1 Å². The Morgan fingerprint density at radius 1 is 1.27 bits per heavy atom. The largest absolute Gasteiger partial charge is 0.312 e. The highest BCUT2D eigenvalue weighted by atomic mass is 19.1. The Morgan fingerprint density at radius 2 is 1.93 bits per heavy atom. The molecule has 0 spiro atoms. The number of aryl methyl sites for hydroxylation is 1. The van der Waals surface area contributed by atoms with Gasteiger partial charge in [-0.1, -0.05) is 26.0 Å². The smallest absolute Gasteiger partial charge is 0.126 e. The van der Waals surface area contributed by atoms with E-state index < -0.39 is 0 Å². The summed E-state index contributed by atoms with van der Waals surface area (Å²) in [5, 5.41) is 3.43. The molecule has 1 nitrogen and oxygen atoms in total. The fourth-order valence-corrected chi connectivity index (χ4v) is 1.82. The maximum Gasteiger partial charge on any atom is 0.126 e. The molecule has 1 unspecified atom stereocenters. The molecular weight excluding hydrogens is 189 g/mol. The van der Waals surface area contributed by atoms with Gasteiger partial charge in [0.25, 0.3) is 0 Å². The molecule has 0 aliphatic rings. The van der Waals surface area contributed by atoms with Gasteiger partial charge in [0.05, 0.1) is 0 Å². The first-order chi connectivity index (χ1) is 6.99. The summed E-state index contributed by atoms with van der Waals surface area (Å²) < 4.78 is 13.0. The second-order valence-corrected chi connectivity index (χ2v) is 4.51. The van der Waals surface area contributed by atoms with Gasteiger partial charge < -0.3 is 5.32 Å². The van der Waals surface area contributed by atoms with Gasteiger partial charge in [0, 0.05) is 12.1 Å². The zero-order valence-corrected chi connectivity index (χ0v) is 9.97. The highest BCUT2D eigenvalue weighted by molar-refractivity contribution is 5.24. The van der Waals surface area contributed by atoms with Crippen molar-refractivity contribution in [1.29, 1.82) is 0 Å². The lowest BCUT2D eigenvalue weighted by Crippen LogP contribution is -2.33. The van der Waals surface area contributed by atoms with E-state index in [1.807, 2.05) is 12.1 Å². The molecule has 0 bridgehead atoms. The molecule has 2 heteroatoms. The van der Waals surface area contributed by atoms with Crippen molar-refractivity contribution in [3.8, 4) is 0 Å². The van der Waals surface area contributed by atoms with Crippen molar-refractivity contribution >= 4 is 0 Å². The summed E-state index contributed by atoms with van der Waals surface area (Å²) >= 11 is 0. The Kier molecular flexibility index (Phi) is 4.28. The topological polar surface area (TPSA) is 12.0 Å². The summed E-state index contributed by atoms with van der Waals surface area (Å²) in [7, 11) is 0. The molecule has 1 rings (SSSR count). The molecule has 1 aromatic rings. The Labute approximate surface area is 91.7 Å². The van der Waals surface area contributed by atoms with Gasteiger partial charge in [-0.15, -0.1) is 0 Å². The highest BCUT2D eigenvalue weighted by Crippen LogP contribution is 2.11. The summed E-state index contributed by atoms with van der Waals surface area (Å²) in [6, 6.07) is 6.25. The van der Waals surface area contributed by atoms with Gasteiger partial charge in [-0.25, -0.2) is 4.39 Å². The molecule has 0 aromatic heterocycles. The molecule has 0 saturated heterocycles. The SMILES string of the molecule is Cc1cc(CC(C)NC(C)C)ccc1F. The lowest BCUT2D eigenvalue weighted by molar-refractivity contribution is 0.487. The van der Waals surface area contributed by atoms with E-state index in [1.54, 1.807) is 13.0 Å². The van der Waals surface area contributed by atoms with Crippen molar-refractivity contribution in [3.05, 3.63) is 35.1 Å². The normalized spacial score (nSPS) is 13.2. The Balaban J connectivity index is 2.60. The quantitative estimate of drug-likeness (QED) is 0.803. The first-order valence-corrected chi connectivity index (χ1v) is 5.50. The van der Waals surface area contributed by atoms with E-state index in [9.17, 15) is 4.39 Å². The Morgan fingerprint density at radius 3 is 2.47 bits per heavy atom. The van der Waals surface area contributed by atoms with Gasteiger partial charge in [0.2, 0.25) is 0 Å². The molecule has 0 amide bonds. The average molecular weight is 209 g/mol. The van der Waals surface area contributed by atoms with E-state index in [1.165, 1.54) is 5.56 Å². The number of hydrogen-bond donors (Lipinski definition) is 1. The first-order valence-electron chi connectivity index (χ1n) is 5.50. The fourth-order valence-electron chi connectivity index (χ4n) is 1.82. The van der Waals surface area contributed by atoms with E-state index in [-0.39, 0.29) is 5.82 Å². The maximum absolute atomic E-state index is 13.0. The number of benzene rings is 1. The van der Waals surface area contributed by atoms with E-state index in [4.69, 9.17) is 0 Å². The van der Waals surface area contributed by atoms with Gasteiger partial charge in [-0.05, 0) is 37.5 Å². The molecule has 1 N–H and O–H groups in total. The van der Waals surface area contributed by atoms with Crippen LogP contribution in [-0.4, -0.2) is 12.1 Å². The number of hydrogen-bond acceptors (Lipinski definition) is 1. The van der Waals surface area contributed by atoms with E-state index >= 15 is 0 Å². The van der Waals surface area contributed by atoms with Crippen LogP contribution >= 0.6 is 0 Å². The number of halogens is 1. The second-order valence-electron chi connectivity index (χ2n) is 4.51. The summed E-state index contributed by atoms with van der Waals surface area (Å²) in [6.07, 6.45) is 0.944. The lowest BCUT2D eigenvalue weighted by atomic mass is 10.0. The zero-order valence-electron chi connectivity index (χ0n) is 9.97. The van der Waals surface area contributed by atoms with Crippen LogP contribution in [0.3, 0.4) is 0 Å². The highest BCUT2D eigenvalue weighted by Gasteiger charge is 2.06. The van der Waals surface area contributed by atoms with Crippen LogP contribution < -0.4 is 5.32 Å². The molecule has 0 saturated carbocycles. The zero-order chi connectivity index (χ0) is 11.4. The van der Waals surface area contributed by atoms with Gasteiger partial charge in [-0.3, -0.25) is 0 Å². The van der Waals surface area contributed by atoms with Gasteiger partial charge in [-0.2, -0.15) is 0 Å². The standard InChI is InChI=1S/C13H20FN/c1-9(2)15-11(4)8-12-5-6-13(14)10(3)7-12/h5-7,9,11,15H,8H2,1-4H3. The third-order valence-corrected chi connectivity index (χ3v) is 2.38. The molecule has 15 heavy (non-hydrogen) atoms. The molecule has 84 valence electrons. The van der Waals surface area contributed by atoms with E-state index in [0.717, 1.165) is 12.0 Å². The Hall–Kier alpha value is -0.890. The minimum atomic E-state index is -0.122.